The maximum absolute atomic E-state index is 10.2. The van der Waals surface area contributed by atoms with Gasteiger partial charge in [0.15, 0.2) is 0 Å². The average Bonchev–Trinajstić information content (AvgIpc) is 1.94. The van der Waals surface area contributed by atoms with E-state index >= 15 is 0 Å². The summed E-state index contributed by atoms with van der Waals surface area (Å²) in [7, 11) is -3.97. The molecule has 0 aliphatic rings. The van der Waals surface area contributed by atoms with Crippen LogP contribution >= 0.6 is 0 Å². The van der Waals surface area contributed by atoms with E-state index in [1.54, 1.807) is 0 Å². The number of hydrogen-bond acceptors (Lipinski definition) is 2. The predicted octanol–water partition coefficient (Wildman–Crippen LogP) is 1.35. The molecular weight excluding hydrogens is 178 g/mol. The first-order valence-corrected chi connectivity index (χ1v) is 5.72. The van der Waals surface area contributed by atoms with E-state index in [0.717, 1.165) is 19.3 Å². The summed E-state index contributed by atoms with van der Waals surface area (Å²) in [5.41, 5.74) is 0. The molecule has 0 aromatic carbocycles. The van der Waals surface area contributed by atoms with Crippen LogP contribution in [0.5, 0.6) is 0 Å². The van der Waals surface area contributed by atoms with Crippen molar-refractivity contribution in [2.75, 3.05) is 6.54 Å². The lowest BCUT2D eigenvalue weighted by Crippen LogP contribution is -2.23. The van der Waals surface area contributed by atoms with Crippen molar-refractivity contribution in [3.8, 4) is 0 Å². The zero-order valence-electron chi connectivity index (χ0n) is 7.41. The van der Waals surface area contributed by atoms with Gasteiger partial charge in [-0.05, 0) is 6.42 Å². The Bertz CT molecular complexity index is 189. The van der Waals surface area contributed by atoms with E-state index in [0.29, 0.717) is 6.54 Å². The molecule has 0 fully saturated rings. The van der Waals surface area contributed by atoms with E-state index in [2.05, 4.69) is 6.92 Å². The third kappa shape index (κ3) is 9.87. The molecule has 0 aliphatic heterocycles. The largest absolute Gasteiger partial charge is 0.333 e. The van der Waals surface area contributed by atoms with E-state index in [4.69, 9.17) is 4.55 Å². The Morgan fingerprint density at radius 1 is 1.17 bits per heavy atom. The molecule has 0 unspecified atom stereocenters. The summed E-state index contributed by atoms with van der Waals surface area (Å²) in [6.45, 7) is 2.46. The van der Waals surface area contributed by atoms with E-state index in [9.17, 15) is 8.42 Å². The first-order chi connectivity index (χ1) is 5.56. The Labute approximate surface area is 74.2 Å². The van der Waals surface area contributed by atoms with Crippen LogP contribution in [-0.4, -0.2) is 19.5 Å². The van der Waals surface area contributed by atoms with E-state index in [1.165, 1.54) is 12.8 Å². The zero-order valence-corrected chi connectivity index (χ0v) is 8.23. The maximum atomic E-state index is 10.2. The molecule has 0 aliphatic carbocycles. The van der Waals surface area contributed by atoms with Gasteiger partial charge in [-0.2, -0.15) is 13.1 Å². The van der Waals surface area contributed by atoms with Crippen LogP contribution in [0.4, 0.5) is 0 Å². The molecular formula is C7H17NO3S. The van der Waals surface area contributed by atoms with Crippen LogP contribution in [0.1, 0.15) is 39.0 Å². The van der Waals surface area contributed by atoms with Crippen molar-refractivity contribution in [1.82, 2.24) is 4.72 Å². The van der Waals surface area contributed by atoms with Crippen LogP contribution in [0.15, 0.2) is 0 Å². The van der Waals surface area contributed by atoms with Crippen molar-refractivity contribution < 1.29 is 13.0 Å². The number of unbranched alkanes of at least 4 members (excludes halogenated alkanes) is 4. The molecule has 0 heterocycles. The SMILES string of the molecule is CCCCCCCNS(=O)(=O)O. The summed E-state index contributed by atoms with van der Waals surface area (Å²) in [4.78, 5) is 0. The van der Waals surface area contributed by atoms with E-state index in [-0.39, 0.29) is 0 Å². The molecule has 0 bridgehead atoms. The summed E-state index contributed by atoms with van der Waals surface area (Å²) in [5.74, 6) is 0. The van der Waals surface area contributed by atoms with Gasteiger partial charge in [-0.25, -0.2) is 0 Å². The minimum atomic E-state index is -3.97. The molecule has 2 N–H and O–H groups in total. The van der Waals surface area contributed by atoms with Gasteiger partial charge in [-0.3, -0.25) is 4.55 Å². The highest BCUT2D eigenvalue weighted by molar-refractivity contribution is 7.83. The fourth-order valence-electron chi connectivity index (χ4n) is 0.930. The second-order valence-electron chi connectivity index (χ2n) is 2.78. The quantitative estimate of drug-likeness (QED) is 0.476. The molecule has 0 saturated heterocycles. The first kappa shape index (κ1) is 11.9. The topological polar surface area (TPSA) is 66.4 Å². The van der Waals surface area contributed by atoms with Crippen LogP contribution in [0.3, 0.4) is 0 Å². The van der Waals surface area contributed by atoms with Gasteiger partial charge < -0.3 is 0 Å². The van der Waals surface area contributed by atoms with E-state index in [1.807, 2.05) is 4.72 Å². The smallest absolute Gasteiger partial charge is 0.273 e. The third-order valence-electron chi connectivity index (χ3n) is 1.56. The highest BCUT2D eigenvalue weighted by Crippen LogP contribution is 2.01. The number of rotatable bonds is 7. The molecule has 0 amide bonds. The van der Waals surface area contributed by atoms with Crippen LogP contribution < -0.4 is 4.72 Å². The van der Waals surface area contributed by atoms with Gasteiger partial charge >= 0.3 is 10.3 Å². The molecule has 5 heteroatoms. The van der Waals surface area contributed by atoms with Gasteiger partial charge in [0.05, 0.1) is 0 Å². The molecule has 0 aromatic heterocycles. The Morgan fingerprint density at radius 3 is 2.25 bits per heavy atom. The molecule has 0 saturated carbocycles. The Morgan fingerprint density at radius 2 is 1.75 bits per heavy atom. The van der Waals surface area contributed by atoms with Gasteiger partial charge in [0.2, 0.25) is 0 Å². The molecule has 4 nitrogen and oxygen atoms in total. The van der Waals surface area contributed by atoms with Gasteiger partial charge in [0, 0.05) is 6.54 Å². The van der Waals surface area contributed by atoms with Crippen molar-refractivity contribution in [3.63, 3.8) is 0 Å². The molecule has 0 radical (unpaired) electrons. The Hall–Kier alpha value is -0.130. The molecule has 0 atom stereocenters. The lowest BCUT2D eigenvalue weighted by atomic mass is 10.2. The highest BCUT2D eigenvalue weighted by Gasteiger charge is 1.99. The van der Waals surface area contributed by atoms with Crippen LogP contribution in [0.25, 0.3) is 0 Å². The van der Waals surface area contributed by atoms with Gasteiger partial charge in [0.25, 0.3) is 0 Å². The second kappa shape index (κ2) is 6.39. The summed E-state index contributed by atoms with van der Waals surface area (Å²) in [6, 6.07) is 0. The van der Waals surface area contributed by atoms with Crippen molar-refractivity contribution in [1.29, 1.82) is 0 Å². The Kier molecular flexibility index (Phi) is 6.32. The molecule has 74 valence electrons. The summed E-state index contributed by atoms with van der Waals surface area (Å²) in [6.07, 6.45) is 5.29. The van der Waals surface area contributed by atoms with Gasteiger partial charge in [-0.15, -0.1) is 0 Å². The lowest BCUT2D eigenvalue weighted by molar-refractivity contribution is 0.465. The maximum Gasteiger partial charge on any atom is 0.333 e. The predicted molar refractivity (Wildman–Crippen MR) is 48.3 cm³/mol. The Balaban J connectivity index is 3.12. The van der Waals surface area contributed by atoms with Crippen LogP contribution in [0, 0.1) is 0 Å². The fraction of sp³-hybridized carbons (Fsp3) is 1.00. The van der Waals surface area contributed by atoms with Gasteiger partial charge in [-0.1, -0.05) is 32.6 Å². The normalized spacial score (nSPS) is 11.8. The molecule has 0 aromatic rings. The van der Waals surface area contributed by atoms with Crippen molar-refractivity contribution in [2.45, 2.75) is 39.0 Å². The first-order valence-electron chi connectivity index (χ1n) is 4.28. The van der Waals surface area contributed by atoms with Crippen molar-refractivity contribution >= 4 is 10.3 Å². The molecule has 0 spiro atoms. The van der Waals surface area contributed by atoms with Crippen LogP contribution in [0.2, 0.25) is 0 Å². The monoisotopic (exact) mass is 195 g/mol. The van der Waals surface area contributed by atoms with Crippen LogP contribution in [-0.2, 0) is 10.3 Å². The van der Waals surface area contributed by atoms with Crippen molar-refractivity contribution in [3.05, 3.63) is 0 Å². The third-order valence-corrected chi connectivity index (χ3v) is 2.13. The zero-order chi connectivity index (χ0) is 9.45. The minimum Gasteiger partial charge on any atom is -0.273 e. The fourth-order valence-corrected chi connectivity index (χ4v) is 1.33. The lowest BCUT2D eigenvalue weighted by Gasteiger charge is -2.00. The summed E-state index contributed by atoms with van der Waals surface area (Å²) in [5, 5.41) is 0. The minimum absolute atomic E-state index is 0.336. The molecule has 12 heavy (non-hydrogen) atoms. The second-order valence-corrected chi connectivity index (χ2v) is 4.02. The average molecular weight is 195 g/mol. The summed E-state index contributed by atoms with van der Waals surface area (Å²) < 4.78 is 30.6. The summed E-state index contributed by atoms with van der Waals surface area (Å²) >= 11 is 0. The molecule has 0 rings (SSSR count). The number of nitrogens with one attached hydrogen (secondary N) is 1. The standard InChI is InChI=1S/C7H17NO3S/c1-2-3-4-5-6-7-8-12(9,10)11/h8H,2-7H2,1H3,(H,9,10,11). The van der Waals surface area contributed by atoms with E-state index < -0.39 is 10.3 Å². The highest BCUT2D eigenvalue weighted by atomic mass is 32.2. The number of hydrogen-bond donors (Lipinski definition) is 2. The van der Waals surface area contributed by atoms with Gasteiger partial charge in [0.1, 0.15) is 0 Å². The van der Waals surface area contributed by atoms with Crippen molar-refractivity contribution in [2.24, 2.45) is 0 Å².